The van der Waals surface area contributed by atoms with Crippen LogP contribution in [0.2, 0.25) is 0 Å². The van der Waals surface area contributed by atoms with Crippen molar-refractivity contribution >= 4 is 17.0 Å². The first-order chi connectivity index (χ1) is 15.5. The summed E-state index contributed by atoms with van der Waals surface area (Å²) in [6.45, 7) is 6.73. The van der Waals surface area contributed by atoms with Crippen LogP contribution in [0, 0.1) is 0 Å². The number of hydrogen-bond acceptors (Lipinski definition) is 10. The minimum absolute atomic E-state index is 0.0507. The Morgan fingerprint density at radius 1 is 1.15 bits per heavy atom. The van der Waals surface area contributed by atoms with Crippen LogP contribution in [0.1, 0.15) is 44.3 Å². The molecular formula is C19H21F3N10O. The smallest absolute Gasteiger partial charge is 0.391 e. The Labute approximate surface area is 185 Å². The largest absolute Gasteiger partial charge is 0.442 e. The molecule has 0 radical (unpaired) electrons. The van der Waals surface area contributed by atoms with Gasteiger partial charge in [0.15, 0.2) is 11.3 Å². The van der Waals surface area contributed by atoms with Gasteiger partial charge in [-0.15, -0.1) is 20.4 Å². The van der Waals surface area contributed by atoms with Crippen molar-refractivity contribution in [2.75, 3.05) is 18.0 Å². The maximum Gasteiger partial charge on any atom is 0.442 e. The van der Waals surface area contributed by atoms with E-state index in [-0.39, 0.29) is 23.2 Å². The van der Waals surface area contributed by atoms with E-state index in [2.05, 4.69) is 35.4 Å². The number of nitrogens with zero attached hydrogens (tertiary/aromatic N) is 10. The molecule has 0 unspecified atom stereocenters. The molecule has 1 atom stereocenters. The van der Waals surface area contributed by atoms with Gasteiger partial charge in [-0.25, -0.2) is 19.9 Å². The Bertz CT molecular complexity index is 1240. The first-order valence-corrected chi connectivity index (χ1v) is 10.3. The Hall–Kier alpha value is -3.29. The highest BCUT2D eigenvalue weighted by molar-refractivity contribution is 5.82. The number of aliphatic hydroxyl groups is 1. The van der Waals surface area contributed by atoms with Crippen molar-refractivity contribution in [3.8, 4) is 0 Å². The molecule has 174 valence electrons. The van der Waals surface area contributed by atoms with E-state index in [1.54, 1.807) is 0 Å². The van der Waals surface area contributed by atoms with E-state index in [9.17, 15) is 18.3 Å². The van der Waals surface area contributed by atoms with Crippen LogP contribution in [-0.4, -0.2) is 65.4 Å². The molecule has 2 aliphatic rings. The number of aliphatic hydroxyl groups excluding tert-OH is 1. The van der Waals surface area contributed by atoms with E-state index < -0.39 is 17.9 Å². The fourth-order valence-corrected chi connectivity index (χ4v) is 3.73. The van der Waals surface area contributed by atoms with E-state index >= 15 is 0 Å². The summed E-state index contributed by atoms with van der Waals surface area (Å²) in [7, 11) is 0. The lowest BCUT2D eigenvalue weighted by atomic mass is 9.96. The second-order valence-electron chi connectivity index (χ2n) is 9.17. The Kier molecular flexibility index (Phi) is 4.64. The number of halogens is 3. The van der Waals surface area contributed by atoms with Gasteiger partial charge in [-0.1, -0.05) is 20.8 Å². The molecule has 0 spiro atoms. The summed E-state index contributed by atoms with van der Waals surface area (Å²) >= 11 is 0. The maximum absolute atomic E-state index is 13.6. The van der Waals surface area contributed by atoms with Crippen LogP contribution in [0.4, 0.5) is 19.0 Å². The average molecular weight is 462 g/mol. The number of fused-ring (bicyclic) bond motifs is 1. The number of rotatable bonds is 4. The van der Waals surface area contributed by atoms with Gasteiger partial charge in [-0.3, -0.25) is 0 Å². The lowest BCUT2D eigenvalue weighted by Gasteiger charge is -2.21. The van der Waals surface area contributed by atoms with E-state index in [1.807, 2.05) is 25.7 Å². The number of alkyl halides is 3. The zero-order chi connectivity index (χ0) is 23.6. The van der Waals surface area contributed by atoms with Gasteiger partial charge in [0.1, 0.15) is 18.7 Å². The Balaban J connectivity index is 1.56. The van der Waals surface area contributed by atoms with Crippen LogP contribution in [-0.2, 0) is 17.6 Å². The SMILES string of the molecule is CC(C)(C)c1nc(N2CC[C@H](O)C2)c2nn(Cc3ncncc3C3(C(F)(F)F)N=N3)nc2n1. The summed E-state index contributed by atoms with van der Waals surface area (Å²) in [4.78, 5) is 20.1. The zero-order valence-electron chi connectivity index (χ0n) is 18.1. The molecule has 3 aromatic rings. The molecule has 14 heteroatoms. The van der Waals surface area contributed by atoms with Gasteiger partial charge in [0.25, 0.3) is 0 Å². The van der Waals surface area contributed by atoms with E-state index in [4.69, 9.17) is 4.98 Å². The van der Waals surface area contributed by atoms with Crippen LogP contribution >= 0.6 is 0 Å². The number of aromatic nitrogens is 7. The van der Waals surface area contributed by atoms with Gasteiger partial charge in [-0.2, -0.15) is 18.0 Å². The molecule has 11 nitrogen and oxygen atoms in total. The minimum Gasteiger partial charge on any atom is -0.391 e. The van der Waals surface area contributed by atoms with Gasteiger partial charge < -0.3 is 10.0 Å². The third-order valence-corrected chi connectivity index (χ3v) is 5.56. The van der Waals surface area contributed by atoms with E-state index in [0.29, 0.717) is 42.3 Å². The van der Waals surface area contributed by atoms with Gasteiger partial charge in [-0.05, 0) is 6.42 Å². The second-order valence-corrected chi connectivity index (χ2v) is 9.17. The van der Waals surface area contributed by atoms with Crippen LogP contribution in [0.5, 0.6) is 0 Å². The van der Waals surface area contributed by atoms with Gasteiger partial charge >= 0.3 is 11.8 Å². The molecule has 0 bridgehead atoms. The first kappa shape index (κ1) is 21.6. The molecule has 0 saturated carbocycles. The minimum atomic E-state index is -4.70. The molecule has 1 N–H and O–H groups in total. The predicted molar refractivity (Wildman–Crippen MR) is 108 cm³/mol. The summed E-state index contributed by atoms with van der Waals surface area (Å²) in [6.07, 6.45) is -2.36. The van der Waals surface area contributed by atoms with Crippen molar-refractivity contribution in [3.05, 3.63) is 29.6 Å². The van der Waals surface area contributed by atoms with Crippen LogP contribution in [0.3, 0.4) is 0 Å². The standard InChI is InChI=1S/C19H21F3N10O/c1-17(2,3)16-25-14-13(15(26-16)31-5-4-10(33)7-31)27-32(28-14)8-12-11(6-23-9-24-12)18(29-30-18)19(20,21)22/h6,9-10,33H,4-5,7-8H2,1-3H3/t10-/m0/s1. The van der Waals surface area contributed by atoms with E-state index in [1.165, 1.54) is 4.80 Å². The van der Waals surface area contributed by atoms with Crippen molar-refractivity contribution in [2.45, 2.75) is 57.1 Å². The highest BCUT2D eigenvalue weighted by Crippen LogP contribution is 2.52. The van der Waals surface area contributed by atoms with Crippen LogP contribution in [0.25, 0.3) is 11.2 Å². The molecule has 2 aliphatic heterocycles. The van der Waals surface area contributed by atoms with Crippen molar-refractivity contribution in [1.29, 1.82) is 0 Å². The zero-order valence-corrected chi connectivity index (χ0v) is 18.1. The summed E-state index contributed by atoms with van der Waals surface area (Å²) in [6, 6.07) is 0. The fourth-order valence-electron chi connectivity index (χ4n) is 3.73. The summed E-state index contributed by atoms with van der Waals surface area (Å²) in [5.74, 6) is 1.09. The highest BCUT2D eigenvalue weighted by Gasteiger charge is 2.66. The van der Waals surface area contributed by atoms with Crippen LogP contribution < -0.4 is 4.90 Å². The Morgan fingerprint density at radius 3 is 2.52 bits per heavy atom. The Morgan fingerprint density at radius 2 is 1.91 bits per heavy atom. The number of hydrogen-bond donors (Lipinski definition) is 1. The van der Waals surface area contributed by atoms with Crippen molar-refractivity contribution in [1.82, 2.24) is 34.9 Å². The normalized spacial score (nSPS) is 20.1. The molecule has 1 fully saturated rings. The molecule has 5 heterocycles. The lowest BCUT2D eigenvalue weighted by Crippen LogP contribution is -2.32. The average Bonchev–Trinajstić information content (AvgIpc) is 3.29. The van der Waals surface area contributed by atoms with E-state index in [0.717, 1.165) is 12.5 Å². The third kappa shape index (κ3) is 3.67. The molecule has 0 amide bonds. The molecule has 3 aromatic heterocycles. The fraction of sp³-hybridized carbons (Fsp3) is 0.579. The third-order valence-electron chi connectivity index (χ3n) is 5.56. The van der Waals surface area contributed by atoms with Crippen molar-refractivity contribution < 1.29 is 18.3 Å². The van der Waals surface area contributed by atoms with Gasteiger partial charge in [0.2, 0.25) is 5.65 Å². The number of β-amino-alcohol motifs (C(OH)–C–C–N with tert-alkyl or cyclic N) is 1. The van der Waals surface area contributed by atoms with Gasteiger partial charge in [0, 0.05) is 24.7 Å². The molecule has 0 aliphatic carbocycles. The predicted octanol–water partition coefficient (Wildman–Crippen LogP) is 2.11. The summed E-state index contributed by atoms with van der Waals surface area (Å²) in [5, 5.41) is 25.4. The molecule has 33 heavy (non-hydrogen) atoms. The highest BCUT2D eigenvalue weighted by atomic mass is 19.4. The van der Waals surface area contributed by atoms with Crippen LogP contribution in [0.15, 0.2) is 22.8 Å². The quantitative estimate of drug-likeness (QED) is 0.624. The summed E-state index contributed by atoms with van der Waals surface area (Å²) < 4.78 is 40.7. The van der Waals surface area contributed by atoms with Crippen molar-refractivity contribution in [2.24, 2.45) is 10.2 Å². The van der Waals surface area contributed by atoms with Gasteiger partial charge in [0.05, 0.1) is 17.4 Å². The topological polar surface area (TPSA) is 130 Å². The lowest BCUT2D eigenvalue weighted by molar-refractivity contribution is -0.166. The summed E-state index contributed by atoms with van der Waals surface area (Å²) in [5.41, 5.74) is -2.52. The molecule has 1 saturated heterocycles. The molecule has 0 aromatic carbocycles. The molecular weight excluding hydrogens is 441 g/mol. The van der Waals surface area contributed by atoms with Crippen molar-refractivity contribution in [3.63, 3.8) is 0 Å². The maximum atomic E-state index is 13.6. The number of anilines is 1. The monoisotopic (exact) mass is 462 g/mol. The second kappa shape index (κ2) is 7.10. The molecule has 5 rings (SSSR count). The first-order valence-electron chi connectivity index (χ1n) is 10.3.